The van der Waals surface area contributed by atoms with Crippen molar-refractivity contribution in [1.82, 2.24) is 0 Å². The van der Waals surface area contributed by atoms with Gasteiger partial charge in [0, 0.05) is 11.1 Å². The number of benzene rings is 2. The smallest absolute Gasteiger partial charge is 0.338 e. The standard InChI is InChI=1S/C23H20O5/c1-3-27-23(25)18-6-4-5-17(15-18)22-14-12-20(28-22)11-13-21(24)16-7-9-19(26-2)10-8-16/h4-15H,3H2,1-2H3/b13-11+. The number of ether oxygens (including phenoxy) is 2. The second-order valence-electron chi connectivity index (χ2n) is 5.93. The maximum Gasteiger partial charge on any atom is 0.338 e. The van der Waals surface area contributed by atoms with Crippen LogP contribution in [0.1, 0.15) is 33.4 Å². The number of allylic oxidation sites excluding steroid dienone is 1. The van der Waals surface area contributed by atoms with Crippen LogP contribution in [-0.4, -0.2) is 25.5 Å². The summed E-state index contributed by atoms with van der Waals surface area (Å²) in [6.07, 6.45) is 3.07. The molecule has 3 rings (SSSR count). The zero-order valence-corrected chi connectivity index (χ0v) is 15.7. The fraction of sp³-hybridized carbons (Fsp3) is 0.130. The molecular weight excluding hydrogens is 356 g/mol. The first-order chi connectivity index (χ1) is 13.6. The summed E-state index contributed by atoms with van der Waals surface area (Å²) in [4.78, 5) is 24.1. The van der Waals surface area contributed by atoms with Gasteiger partial charge in [0.05, 0.1) is 19.3 Å². The molecule has 142 valence electrons. The molecule has 0 N–H and O–H groups in total. The largest absolute Gasteiger partial charge is 0.497 e. The lowest BCUT2D eigenvalue weighted by Gasteiger charge is -2.03. The topological polar surface area (TPSA) is 65.7 Å². The first-order valence-electron chi connectivity index (χ1n) is 8.84. The van der Waals surface area contributed by atoms with Gasteiger partial charge < -0.3 is 13.9 Å². The third kappa shape index (κ3) is 4.57. The third-order valence-electron chi connectivity index (χ3n) is 4.06. The molecule has 0 bridgehead atoms. The summed E-state index contributed by atoms with van der Waals surface area (Å²) in [6, 6.07) is 17.5. The van der Waals surface area contributed by atoms with Gasteiger partial charge in [-0.05, 0) is 67.6 Å². The highest BCUT2D eigenvalue weighted by molar-refractivity contribution is 6.06. The Labute approximate surface area is 163 Å². The van der Waals surface area contributed by atoms with E-state index < -0.39 is 0 Å². The van der Waals surface area contributed by atoms with Crippen molar-refractivity contribution in [3.8, 4) is 17.1 Å². The summed E-state index contributed by atoms with van der Waals surface area (Å²) in [5.74, 6) is 1.33. The average molecular weight is 376 g/mol. The second kappa shape index (κ2) is 8.86. The zero-order valence-electron chi connectivity index (χ0n) is 15.7. The molecule has 3 aromatic rings. The Morgan fingerprint density at radius 3 is 2.50 bits per heavy atom. The summed E-state index contributed by atoms with van der Waals surface area (Å²) in [5.41, 5.74) is 1.78. The van der Waals surface area contributed by atoms with Crippen LogP contribution in [0.5, 0.6) is 5.75 Å². The molecule has 0 unspecified atom stereocenters. The van der Waals surface area contributed by atoms with Gasteiger partial charge in [-0.25, -0.2) is 4.79 Å². The van der Waals surface area contributed by atoms with Crippen LogP contribution >= 0.6 is 0 Å². The molecule has 0 fully saturated rings. The lowest BCUT2D eigenvalue weighted by Crippen LogP contribution is -2.04. The number of ketones is 1. The predicted molar refractivity (Wildman–Crippen MR) is 106 cm³/mol. The number of rotatable bonds is 7. The van der Waals surface area contributed by atoms with E-state index in [1.54, 1.807) is 74.7 Å². The highest BCUT2D eigenvalue weighted by Gasteiger charge is 2.10. The van der Waals surface area contributed by atoms with E-state index in [4.69, 9.17) is 13.9 Å². The maximum atomic E-state index is 12.3. The van der Waals surface area contributed by atoms with Gasteiger partial charge in [-0.2, -0.15) is 0 Å². The van der Waals surface area contributed by atoms with Crippen LogP contribution in [0.2, 0.25) is 0 Å². The SMILES string of the molecule is CCOC(=O)c1cccc(-c2ccc(/C=C/C(=O)c3ccc(OC)cc3)o2)c1. The van der Waals surface area contributed by atoms with Crippen LogP contribution in [-0.2, 0) is 4.74 Å². The van der Waals surface area contributed by atoms with Crippen LogP contribution in [0, 0.1) is 0 Å². The predicted octanol–water partition coefficient (Wildman–Crippen LogP) is 5.03. The minimum atomic E-state index is -0.374. The van der Waals surface area contributed by atoms with Crippen molar-refractivity contribution in [3.05, 3.63) is 83.6 Å². The number of carbonyl (C=O) groups excluding carboxylic acids is 2. The molecule has 0 aliphatic heterocycles. The molecule has 0 aliphatic carbocycles. The molecule has 5 nitrogen and oxygen atoms in total. The van der Waals surface area contributed by atoms with Gasteiger partial charge in [0.2, 0.25) is 0 Å². The minimum absolute atomic E-state index is 0.134. The Morgan fingerprint density at radius 2 is 1.79 bits per heavy atom. The third-order valence-corrected chi connectivity index (χ3v) is 4.06. The van der Waals surface area contributed by atoms with Gasteiger partial charge in [-0.15, -0.1) is 0 Å². The fourth-order valence-corrected chi connectivity index (χ4v) is 2.62. The average Bonchev–Trinajstić information content (AvgIpc) is 3.21. The van der Waals surface area contributed by atoms with E-state index in [0.717, 1.165) is 5.56 Å². The van der Waals surface area contributed by atoms with E-state index in [1.807, 2.05) is 6.07 Å². The molecule has 0 radical (unpaired) electrons. The number of carbonyl (C=O) groups is 2. The molecule has 0 saturated heterocycles. The van der Waals surface area contributed by atoms with Gasteiger partial charge in [-0.1, -0.05) is 12.1 Å². The van der Waals surface area contributed by atoms with E-state index in [1.165, 1.54) is 6.08 Å². The minimum Gasteiger partial charge on any atom is -0.497 e. The van der Waals surface area contributed by atoms with Crippen LogP contribution in [0.4, 0.5) is 0 Å². The van der Waals surface area contributed by atoms with Crippen molar-refractivity contribution < 1.29 is 23.5 Å². The lowest BCUT2D eigenvalue weighted by atomic mass is 10.1. The molecule has 0 spiro atoms. The molecule has 0 amide bonds. The van der Waals surface area contributed by atoms with E-state index >= 15 is 0 Å². The Kier molecular flexibility index (Phi) is 6.07. The van der Waals surface area contributed by atoms with Gasteiger partial charge in [0.15, 0.2) is 5.78 Å². The van der Waals surface area contributed by atoms with Gasteiger partial charge >= 0.3 is 5.97 Å². The van der Waals surface area contributed by atoms with Crippen molar-refractivity contribution in [2.24, 2.45) is 0 Å². The number of furan rings is 1. The fourth-order valence-electron chi connectivity index (χ4n) is 2.62. The Hall–Kier alpha value is -3.60. The van der Waals surface area contributed by atoms with E-state index in [-0.39, 0.29) is 11.8 Å². The highest BCUT2D eigenvalue weighted by atomic mass is 16.5. The van der Waals surface area contributed by atoms with Crippen molar-refractivity contribution in [2.45, 2.75) is 6.92 Å². The molecule has 0 aliphatic rings. The van der Waals surface area contributed by atoms with Crippen molar-refractivity contribution >= 4 is 17.8 Å². The number of hydrogen-bond acceptors (Lipinski definition) is 5. The quantitative estimate of drug-likeness (QED) is 0.329. The Morgan fingerprint density at radius 1 is 1.00 bits per heavy atom. The number of hydrogen-bond donors (Lipinski definition) is 0. The summed E-state index contributed by atoms with van der Waals surface area (Å²) in [7, 11) is 1.58. The molecular formula is C23H20O5. The molecule has 1 heterocycles. The highest BCUT2D eigenvalue weighted by Crippen LogP contribution is 2.24. The monoisotopic (exact) mass is 376 g/mol. The first kappa shape index (κ1) is 19.2. The van der Waals surface area contributed by atoms with E-state index in [9.17, 15) is 9.59 Å². The van der Waals surface area contributed by atoms with Gasteiger partial charge in [0.1, 0.15) is 17.3 Å². The van der Waals surface area contributed by atoms with Gasteiger partial charge in [0.25, 0.3) is 0 Å². The maximum absolute atomic E-state index is 12.3. The molecule has 0 saturated carbocycles. The van der Waals surface area contributed by atoms with Crippen molar-refractivity contribution in [2.75, 3.05) is 13.7 Å². The normalized spacial score (nSPS) is 10.8. The summed E-state index contributed by atoms with van der Waals surface area (Å²) < 4.78 is 15.9. The van der Waals surface area contributed by atoms with E-state index in [2.05, 4.69) is 0 Å². The number of methoxy groups -OCH3 is 1. The molecule has 0 atom stereocenters. The second-order valence-corrected chi connectivity index (χ2v) is 5.93. The number of esters is 1. The Balaban J connectivity index is 1.73. The molecule has 1 aromatic heterocycles. The van der Waals surface area contributed by atoms with Crippen LogP contribution < -0.4 is 4.74 Å². The van der Waals surface area contributed by atoms with Crippen molar-refractivity contribution in [3.63, 3.8) is 0 Å². The first-order valence-corrected chi connectivity index (χ1v) is 8.84. The van der Waals surface area contributed by atoms with Gasteiger partial charge in [-0.3, -0.25) is 4.79 Å². The van der Waals surface area contributed by atoms with Crippen molar-refractivity contribution in [1.29, 1.82) is 0 Å². The summed E-state index contributed by atoms with van der Waals surface area (Å²) in [5, 5.41) is 0. The summed E-state index contributed by atoms with van der Waals surface area (Å²) >= 11 is 0. The van der Waals surface area contributed by atoms with E-state index in [0.29, 0.717) is 35.0 Å². The Bertz CT molecular complexity index is 996. The molecule has 2 aromatic carbocycles. The van der Waals surface area contributed by atoms with Crippen LogP contribution in [0.3, 0.4) is 0 Å². The molecule has 5 heteroatoms. The summed E-state index contributed by atoms with van der Waals surface area (Å²) in [6.45, 7) is 2.08. The molecule has 28 heavy (non-hydrogen) atoms. The van der Waals surface area contributed by atoms with Crippen LogP contribution in [0.15, 0.2) is 71.2 Å². The zero-order chi connectivity index (χ0) is 19.9. The van der Waals surface area contributed by atoms with Crippen LogP contribution in [0.25, 0.3) is 17.4 Å². The lowest BCUT2D eigenvalue weighted by molar-refractivity contribution is 0.0526.